The molecule has 0 aliphatic heterocycles. The molecule has 0 aliphatic carbocycles. The van der Waals surface area contributed by atoms with Crippen LogP contribution in [-0.4, -0.2) is 24.9 Å². The van der Waals surface area contributed by atoms with Crippen LogP contribution in [0.4, 0.5) is 0 Å². The van der Waals surface area contributed by atoms with Crippen molar-refractivity contribution in [1.29, 1.82) is 0 Å². The van der Waals surface area contributed by atoms with Gasteiger partial charge < -0.3 is 15.2 Å². The van der Waals surface area contributed by atoms with Crippen molar-refractivity contribution < 1.29 is 9.84 Å². The van der Waals surface area contributed by atoms with E-state index in [1.54, 1.807) is 0 Å². The van der Waals surface area contributed by atoms with Gasteiger partial charge in [-0.1, -0.05) is 51.2 Å². The van der Waals surface area contributed by atoms with Crippen molar-refractivity contribution in [2.24, 2.45) is 0 Å². The molecule has 3 nitrogen and oxygen atoms in total. The second-order valence-electron chi connectivity index (χ2n) is 6.43. The van der Waals surface area contributed by atoms with Crippen molar-refractivity contribution in [1.82, 2.24) is 5.32 Å². The summed E-state index contributed by atoms with van der Waals surface area (Å²) in [4.78, 5) is 0. The minimum Gasteiger partial charge on any atom is -0.493 e. The molecule has 0 fully saturated rings. The molecule has 0 saturated carbocycles. The third-order valence-corrected chi connectivity index (χ3v) is 4.11. The van der Waals surface area contributed by atoms with Gasteiger partial charge in [0.05, 0.1) is 6.61 Å². The van der Waals surface area contributed by atoms with Crippen molar-refractivity contribution in [3.05, 3.63) is 28.8 Å². The standard InChI is InChI=1S/C20H35NO2/c1-4-5-6-7-8-9-13-23-20-17(2)14-19(15-18(20)3)16-21-11-10-12-22/h14-15,21-22H,4-13,16H2,1-3H3. The van der Waals surface area contributed by atoms with Gasteiger partial charge in [0.1, 0.15) is 5.75 Å². The summed E-state index contributed by atoms with van der Waals surface area (Å²) in [7, 11) is 0. The van der Waals surface area contributed by atoms with Gasteiger partial charge in [0.25, 0.3) is 0 Å². The Hall–Kier alpha value is -1.06. The zero-order valence-corrected chi connectivity index (χ0v) is 15.3. The predicted octanol–water partition coefficient (Wildman–Crippen LogP) is 4.51. The maximum Gasteiger partial charge on any atom is 0.125 e. The summed E-state index contributed by atoms with van der Waals surface area (Å²) < 4.78 is 6.02. The summed E-state index contributed by atoms with van der Waals surface area (Å²) >= 11 is 0. The molecule has 0 atom stereocenters. The van der Waals surface area contributed by atoms with Crippen LogP contribution in [0, 0.1) is 13.8 Å². The lowest BCUT2D eigenvalue weighted by Gasteiger charge is -2.14. The molecular formula is C20H35NO2. The van der Waals surface area contributed by atoms with E-state index in [1.807, 2.05) is 0 Å². The Bertz CT molecular complexity index is 409. The van der Waals surface area contributed by atoms with Crippen LogP contribution in [0.2, 0.25) is 0 Å². The highest BCUT2D eigenvalue weighted by Gasteiger charge is 2.06. The Morgan fingerprint density at radius 1 is 0.957 bits per heavy atom. The molecule has 1 aromatic rings. The average molecular weight is 322 g/mol. The zero-order valence-electron chi connectivity index (χ0n) is 15.3. The number of hydrogen-bond acceptors (Lipinski definition) is 3. The van der Waals surface area contributed by atoms with Crippen molar-refractivity contribution in [2.75, 3.05) is 19.8 Å². The van der Waals surface area contributed by atoms with E-state index in [-0.39, 0.29) is 6.61 Å². The molecule has 0 bridgehead atoms. The lowest BCUT2D eigenvalue weighted by molar-refractivity contribution is 0.286. The Labute approximate surface area is 142 Å². The molecule has 0 aliphatic rings. The van der Waals surface area contributed by atoms with Crippen LogP contribution in [-0.2, 0) is 6.54 Å². The highest BCUT2D eigenvalue weighted by Crippen LogP contribution is 2.25. The summed E-state index contributed by atoms with van der Waals surface area (Å²) in [6.07, 6.45) is 8.55. The number of aliphatic hydroxyl groups excluding tert-OH is 1. The molecule has 0 radical (unpaired) electrons. The molecule has 0 spiro atoms. The largest absolute Gasteiger partial charge is 0.493 e. The van der Waals surface area contributed by atoms with Gasteiger partial charge in [-0.25, -0.2) is 0 Å². The van der Waals surface area contributed by atoms with E-state index in [9.17, 15) is 0 Å². The first-order valence-electron chi connectivity index (χ1n) is 9.23. The van der Waals surface area contributed by atoms with Crippen LogP contribution >= 0.6 is 0 Å². The molecule has 0 aromatic heterocycles. The lowest BCUT2D eigenvalue weighted by Crippen LogP contribution is -2.16. The quantitative estimate of drug-likeness (QED) is 0.525. The van der Waals surface area contributed by atoms with Crippen LogP contribution in [0.15, 0.2) is 12.1 Å². The highest BCUT2D eigenvalue weighted by molar-refractivity contribution is 5.43. The minimum atomic E-state index is 0.246. The van der Waals surface area contributed by atoms with E-state index in [0.29, 0.717) is 0 Å². The van der Waals surface area contributed by atoms with Gasteiger partial charge in [0.2, 0.25) is 0 Å². The number of aryl methyl sites for hydroxylation is 2. The highest BCUT2D eigenvalue weighted by atomic mass is 16.5. The SMILES string of the molecule is CCCCCCCCOc1c(C)cc(CNCCCO)cc1C. The fourth-order valence-electron chi connectivity index (χ4n) is 2.86. The summed E-state index contributed by atoms with van der Waals surface area (Å²) in [5, 5.41) is 12.1. The third-order valence-electron chi connectivity index (χ3n) is 4.11. The smallest absolute Gasteiger partial charge is 0.125 e. The second kappa shape index (κ2) is 12.4. The van der Waals surface area contributed by atoms with E-state index in [4.69, 9.17) is 9.84 Å². The first-order valence-corrected chi connectivity index (χ1v) is 9.23. The Morgan fingerprint density at radius 3 is 2.26 bits per heavy atom. The van der Waals surface area contributed by atoms with E-state index >= 15 is 0 Å². The first kappa shape index (κ1) is 20.0. The minimum absolute atomic E-state index is 0.246. The number of hydrogen-bond donors (Lipinski definition) is 2. The molecule has 3 heteroatoms. The normalized spacial score (nSPS) is 11.0. The van der Waals surface area contributed by atoms with E-state index in [2.05, 4.69) is 38.2 Å². The number of benzene rings is 1. The predicted molar refractivity (Wildman–Crippen MR) is 98.2 cm³/mol. The Balaban J connectivity index is 2.35. The van der Waals surface area contributed by atoms with E-state index in [1.165, 1.54) is 48.8 Å². The van der Waals surface area contributed by atoms with Gasteiger partial charge in [-0.3, -0.25) is 0 Å². The van der Waals surface area contributed by atoms with Gasteiger partial charge in [-0.05, 0) is 49.9 Å². The Morgan fingerprint density at radius 2 is 1.61 bits per heavy atom. The number of aliphatic hydroxyl groups is 1. The van der Waals surface area contributed by atoms with Crippen molar-refractivity contribution in [3.8, 4) is 5.75 Å². The Kier molecular flexibility index (Phi) is 10.8. The van der Waals surface area contributed by atoms with Crippen LogP contribution in [0.1, 0.15) is 68.6 Å². The molecule has 0 heterocycles. The number of nitrogens with one attached hydrogen (secondary N) is 1. The lowest BCUT2D eigenvalue weighted by atomic mass is 10.1. The van der Waals surface area contributed by atoms with Crippen molar-refractivity contribution in [3.63, 3.8) is 0 Å². The van der Waals surface area contributed by atoms with Crippen LogP contribution in [0.25, 0.3) is 0 Å². The molecule has 132 valence electrons. The second-order valence-corrected chi connectivity index (χ2v) is 6.43. The number of unbranched alkanes of at least 4 members (excludes halogenated alkanes) is 5. The summed E-state index contributed by atoms with van der Waals surface area (Å²) in [5.74, 6) is 1.05. The molecule has 0 amide bonds. The van der Waals surface area contributed by atoms with Gasteiger partial charge >= 0.3 is 0 Å². The van der Waals surface area contributed by atoms with Gasteiger partial charge in [0, 0.05) is 13.2 Å². The molecule has 2 N–H and O–H groups in total. The average Bonchev–Trinajstić information content (AvgIpc) is 2.53. The molecule has 0 saturated heterocycles. The third kappa shape index (κ3) is 8.38. The van der Waals surface area contributed by atoms with Crippen molar-refractivity contribution >= 4 is 0 Å². The number of rotatable bonds is 13. The van der Waals surface area contributed by atoms with Gasteiger partial charge in [0.15, 0.2) is 0 Å². The molecule has 1 rings (SSSR count). The molecule has 1 aromatic carbocycles. The maximum absolute atomic E-state index is 8.79. The zero-order chi connectivity index (χ0) is 16.9. The van der Waals surface area contributed by atoms with Gasteiger partial charge in [-0.2, -0.15) is 0 Å². The number of ether oxygens (including phenoxy) is 1. The first-order chi connectivity index (χ1) is 11.2. The fourth-order valence-corrected chi connectivity index (χ4v) is 2.86. The molecule has 0 unspecified atom stereocenters. The fraction of sp³-hybridized carbons (Fsp3) is 0.700. The summed E-state index contributed by atoms with van der Waals surface area (Å²) in [6.45, 7) is 9.27. The van der Waals surface area contributed by atoms with Crippen LogP contribution in [0.3, 0.4) is 0 Å². The van der Waals surface area contributed by atoms with E-state index < -0.39 is 0 Å². The van der Waals surface area contributed by atoms with Gasteiger partial charge in [-0.15, -0.1) is 0 Å². The molecular weight excluding hydrogens is 286 g/mol. The monoisotopic (exact) mass is 321 g/mol. The maximum atomic E-state index is 8.79. The topological polar surface area (TPSA) is 41.5 Å². The summed E-state index contributed by atoms with van der Waals surface area (Å²) in [6, 6.07) is 4.41. The van der Waals surface area contributed by atoms with Crippen molar-refractivity contribution in [2.45, 2.75) is 72.3 Å². The van der Waals surface area contributed by atoms with Crippen LogP contribution in [0.5, 0.6) is 5.75 Å². The molecule has 23 heavy (non-hydrogen) atoms. The van der Waals surface area contributed by atoms with E-state index in [0.717, 1.165) is 38.3 Å². The summed E-state index contributed by atoms with van der Waals surface area (Å²) in [5.41, 5.74) is 3.72. The van der Waals surface area contributed by atoms with Crippen LogP contribution < -0.4 is 10.1 Å².